The maximum absolute atomic E-state index is 10.8. The van der Waals surface area contributed by atoms with E-state index in [2.05, 4.69) is 6.58 Å². The minimum atomic E-state index is -4.23. The van der Waals surface area contributed by atoms with E-state index in [9.17, 15) is 4.57 Å². The highest BCUT2D eigenvalue weighted by atomic mass is 35.5. The number of hydrogen-bond donors (Lipinski definition) is 2. The van der Waals surface area contributed by atoms with Gasteiger partial charge in [0.25, 0.3) is 0 Å². The predicted molar refractivity (Wildman–Crippen MR) is 52.5 cm³/mol. The van der Waals surface area contributed by atoms with Crippen molar-refractivity contribution in [2.75, 3.05) is 0 Å². The third-order valence-electron chi connectivity index (χ3n) is 1.53. The van der Waals surface area contributed by atoms with E-state index < -0.39 is 7.60 Å². The third kappa shape index (κ3) is 2.68. The van der Waals surface area contributed by atoms with Gasteiger partial charge in [-0.15, -0.1) is 0 Å². The van der Waals surface area contributed by atoms with Crippen molar-refractivity contribution in [2.24, 2.45) is 0 Å². The highest BCUT2D eigenvalue weighted by molar-refractivity contribution is 7.63. The van der Waals surface area contributed by atoms with Crippen molar-refractivity contribution in [3.8, 4) is 0 Å². The Hall–Kier alpha value is -0.600. The Labute approximate surface area is 80.8 Å². The predicted octanol–water partition coefficient (Wildman–Crippen LogP) is 2.49. The van der Waals surface area contributed by atoms with Gasteiger partial charge in [-0.05, 0) is 17.7 Å². The average molecular weight is 219 g/mol. The lowest BCUT2D eigenvalue weighted by molar-refractivity contribution is 0.388. The summed E-state index contributed by atoms with van der Waals surface area (Å²) in [4.78, 5) is 17.6. The summed E-state index contributed by atoms with van der Waals surface area (Å²) in [5.74, 6) is 0. The van der Waals surface area contributed by atoms with Crippen LogP contribution in [-0.2, 0) is 4.57 Å². The van der Waals surface area contributed by atoms with E-state index in [1.165, 1.54) is 12.1 Å². The van der Waals surface area contributed by atoms with Gasteiger partial charge in [-0.3, -0.25) is 4.57 Å². The first-order valence-corrected chi connectivity index (χ1v) is 5.41. The molecule has 3 nitrogen and oxygen atoms in total. The molecule has 0 unspecified atom stereocenters. The largest absolute Gasteiger partial charge is 0.356 e. The molecule has 0 aliphatic heterocycles. The molecule has 0 radical (unpaired) electrons. The molecule has 5 heteroatoms. The quantitative estimate of drug-likeness (QED) is 0.750. The maximum atomic E-state index is 10.8. The van der Waals surface area contributed by atoms with Crippen LogP contribution in [0, 0.1) is 0 Å². The van der Waals surface area contributed by atoms with Crippen LogP contribution >= 0.6 is 19.2 Å². The van der Waals surface area contributed by atoms with E-state index in [1.807, 2.05) is 0 Å². The van der Waals surface area contributed by atoms with E-state index in [4.69, 9.17) is 21.4 Å². The summed E-state index contributed by atoms with van der Waals surface area (Å²) in [6.45, 7) is 3.32. The van der Waals surface area contributed by atoms with E-state index in [0.29, 0.717) is 10.6 Å². The van der Waals surface area contributed by atoms with Gasteiger partial charge in [0.1, 0.15) is 0 Å². The first-order chi connectivity index (χ1) is 5.91. The molecule has 0 fully saturated rings. The second-order valence-electron chi connectivity index (χ2n) is 2.50. The van der Waals surface area contributed by atoms with Gasteiger partial charge in [-0.25, -0.2) is 0 Å². The van der Waals surface area contributed by atoms with Crippen LogP contribution in [0.5, 0.6) is 0 Å². The third-order valence-corrected chi connectivity index (χ3v) is 2.74. The van der Waals surface area contributed by atoms with Gasteiger partial charge in [0.15, 0.2) is 0 Å². The molecule has 0 saturated heterocycles. The van der Waals surface area contributed by atoms with Gasteiger partial charge in [0, 0.05) is 5.02 Å². The Bertz CT molecular complexity index is 365. The lowest BCUT2D eigenvalue weighted by atomic mass is 10.2. The van der Waals surface area contributed by atoms with E-state index in [-0.39, 0.29) is 5.31 Å². The van der Waals surface area contributed by atoms with Gasteiger partial charge in [-0.1, -0.05) is 30.3 Å². The van der Waals surface area contributed by atoms with Crippen molar-refractivity contribution in [1.29, 1.82) is 0 Å². The van der Waals surface area contributed by atoms with Gasteiger partial charge < -0.3 is 9.79 Å². The summed E-state index contributed by atoms with van der Waals surface area (Å²) in [7, 11) is -4.23. The maximum Gasteiger partial charge on any atom is 0.356 e. The lowest BCUT2D eigenvalue weighted by Crippen LogP contribution is -1.84. The molecule has 0 bridgehead atoms. The van der Waals surface area contributed by atoms with E-state index in [1.54, 1.807) is 12.1 Å². The van der Waals surface area contributed by atoms with Crippen LogP contribution in [0.4, 0.5) is 0 Å². The summed E-state index contributed by atoms with van der Waals surface area (Å²) in [5.41, 5.74) is 0.401. The standard InChI is InChI=1S/C8H8ClO3P/c1-6(13(10,11)12)7-2-4-8(9)5-3-7/h2-5H,1H2,(H2,10,11,12). The molecule has 0 spiro atoms. The van der Waals surface area contributed by atoms with Crippen LogP contribution < -0.4 is 0 Å². The second-order valence-corrected chi connectivity index (χ2v) is 4.56. The Kier molecular flexibility index (Phi) is 2.94. The summed E-state index contributed by atoms with van der Waals surface area (Å²) in [5, 5.41) is 0.325. The molecular formula is C8H8ClO3P. The van der Waals surface area contributed by atoms with Crippen molar-refractivity contribution >= 4 is 24.5 Å². The minimum absolute atomic E-state index is 0.191. The molecule has 1 aromatic rings. The molecule has 0 amide bonds. The Morgan fingerprint density at radius 2 is 1.77 bits per heavy atom. The van der Waals surface area contributed by atoms with Gasteiger partial charge >= 0.3 is 7.60 Å². The molecule has 70 valence electrons. The van der Waals surface area contributed by atoms with Crippen LogP contribution in [0.3, 0.4) is 0 Å². The molecule has 0 aliphatic carbocycles. The molecule has 1 aromatic carbocycles. The summed E-state index contributed by atoms with van der Waals surface area (Å²) < 4.78 is 10.8. The molecule has 0 aliphatic rings. The lowest BCUT2D eigenvalue weighted by Gasteiger charge is -2.06. The molecule has 0 aromatic heterocycles. The first-order valence-electron chi connectivity index (χ1n) is 3.42. The van der Waals surface area contributed by atoms with Crippen LogP contribution in [0.15, 0.2) is 30.8 Å². The number of hydrogen-bond acceptors (Lipinski definition) is 1. The van der Waals surface area contributed by atoms with Crippen LogP contribution in [0.1, 0.15) is 5.56 Å². The Balaban J connectivity index is 3.04. The van der Waals surface area contributed by atoms with Gasteiger partial charge in [0.05, 0.1) is 5.31 Å². The number of halogens is 1. The average Bonchev–Trinajstić information content (AvgIpc) is 2.03. The smallest absolute Gasteiger partial charge is 0.321 e. The number of rotatable bonds is 2. The first kappa shape index (κ1) is 10.5. The fraction of sp³-hybridized carbons (Fsp3) is 0. The van der Waals surface area contributed by atoms with Crippen LogP contribution in [-0.4, -0.2) is 9.79 Å². The monoisotopic (exact) mass is 218 g/mol. The van der Waals surface area contributed by atoms with Crippen molar-refractivity contribution < 1.29 is 14.4 Å². The molecule has 0 heterocycles. The highest BCUT2D eigenvalue weighted by Gasteiger charge is 2.19. The van der Waals surface area contributed by atoms with E-state index in [0.717, 1.165) is 0 Å². The zero-order valence-electron chi connectivity index (χ0n) is 6.64. The van der Waals surface area contributed by atoms with Crippen molar-refractivity contribution in [1.82, 2.24) is 0 Å². The zero-order valence-corrected chi connectivity index (χ0v) is 8.29. The zero-order chi connectivity index (χ0) is 10.1. The van der Waals surface area contributed by atoms with Crippen molar-refractivity contribution in [3.63, 3.8) is 0 Å². The number of benzene rings is 1. The summed E-state index contributed by atoms with van der Waals surface area (Å²) in [6, 6.07) is 6.14. The van der Waals surface area contributed by atoms with Gasteiger partial charge in [-0.2, -0.15) is 0 Å². The highest BCUT2D eigenvalue weighted by Crippen LogP contribution is 2.49. The van der Waals surface area contributed by atoms with E-state index >= 15 is 0 Å². The minimum Gasteiger partial charge on any atom is -0.321 e. The molecule has 13 heavy (non-hydrogen) atoms. The summed E-state index contributed by atoms with van der Waals surface area (Å²) in [6.07, 6.45) is 0. The second kappa shape index (κ2) is 3.64. The van der Waals surface area contributed by atoms with Gasteiger partial charge in [0.2, 0.25) is 0 Å². The fourth-order valence-corrected chi connectivity index (χ4v) is 1.42. The Morgan fingerprint density at radius 3 is 2.15 bits per heavy atom. The van der Waals surface area contributed by atoms with Crippen LogP contribution in [0.25, 0.3) is 5.31 Å². The molecule has 0 saturated carbocycles. The molecule has 1 rings (SSSR count). The normalized spacial score (nSPS) is 11.3. The Morgan fingerprint density at radius 1 is 1.31 bits per heavy atom. The molecule has 2 N–H and O–H groups in total. The fourth-order valence-electron chi connectivity index (χ4n) is 0.810. The van der Waals surface area contributed by atoms with Crippen molar-refractivity contribution in [2.45, 2.75) is 0 Å². The summed E-state index contributed by atoms with van der Waals surface area (Å²) >= 11 is 5.61. The topological polar surface area (TPSA) is 57.5 Å². The molecule has 0 atom stereocenters. The molecular weight excluding hydrogens is 211 g/mol. The van der Waals surface area contributed by atoms with Crippen molar-refractivity contribution in [3.05, 3.63) is 41.4 Å². The SMILES string of the molecule is C=C(c1ccc(Cl)cc1)P(=O)(O)O. The van der Waals surface area contributed by atoms with Crippen LogP contribution in [0.2, 0.25) is 5.02 Å².